The molecular formula is C17H22NO5. The minimum atomic E-state index is -1.03. The molecule has 0 aliphatic rings. The van der Waals surface area contributed by atoms with E-state index in [1.807, 2.05) is 18.2 Å². The second kappa shape index (κ2) is 8.31. The van der Waals surface area contributed by atoms with Crippen molar-refractivity contribution < 1.29 is 24.2 Å². The van der Waals surface area contributed by atoms with Gasteiger partial charge in [-0.05, 0) is 17.4 Å². The summed E-state index contributed by atoms with van der Waals surface area (Å²) in [6, 6.07) is 8.04. The van der Waals surface area contributed by atoms with Gasteiger partial charge in [0.1, 0.15) is 18.9 Å². The van der Waals surface area contributed by atoms with Crippen LogP contribution in [0.25, 0.3) is 0 Å². The number of hydrogen-bond acceptors (Lipinski definition) is 4. The maximum Gasteiger partial charge on any atom is 0.430 e. The van der Waals surface area contributed by atoms with Crippen LogP contribution in [0, 0.1) is 11.3 Å². The van der Waals surface area contributed by atoms with Gasteiger partial charge in [-0.25, -0.2) is 10.1 Å². The molecule has 1 rings (SSSR count). The van der Waals surface area contributed by atoms with Crippen LogP contribution in [0.2, 0.25) is 0 Å². The first-order valence-corrected chi connectivity index (χ1v) is 7.33. The Hall–Kier alpha value is -2.37. The Balaban J connectivity index is 2.56. The number of rotatable bonds is 7. The Morgan fingerprint density at radius 3 is 2.35 bits per heavy atom. The van der Waals surface area contributed by atoms with Gasteiger partial charge in [0.15, 0.2) is 0 Å². The summed E-state index contributed by atoms with van der Waals surface area (Å²) in [7, 11) is 0. The van der Waals surface area contributed by atoms with Crippen molar-refractivity contribution in [2.24, 2.45) is 11.3 Å². The predicted molar refractivity (Wildman–Crippen MR) is 83.8 cm³/mol. The zero-order valence-corrected chi connectivity index (χ0v) is 13.6. The standard InChI is InChI=1S/C17H22NO5/c1-17(2,3)14(15(20)21)9-13(10-19)18-16(22)23-11-12-7-5-4-6-8-12/h4-8,10,13-14H,9,11H2,1-3H3,(H,20,21)/t13-,14?/m0/s1. The number of carbonyl (C=O) groups is 3. The van der Waals surface area contributed by atoms with Crippen LogP contribution in [0.1, 0.15) is 32.8 Å². The van der Waals surface area contributed by atoms with Crippen molar-refractivity contribution in [3.63, 3.8) is 0 Å². The number of carbonyl (C=O) groups excluding carboxylic acids is 2. The molecule has 125 valence electrons. The zero-order chi connectivity index (χ0) is 17.5. The molecule has 0 bridgehead atoms. The monoisotopic (exact) mass is 320 g/mol. The number of benzene rings is 1. The van der Waals surface area contributed by atoms with Gasteiger partial charge in [-0.2, -0.15) is 0 Å². The molecule has 0 aliphatic carbocycles. The molecule has 1 unspecified atom stereocenters. The highest BCUT2D eigenvalue weighted by Crippen LogP contribution is 2.29. The van der Waals surface area contributed by atoms with Gasteiger partial charge in [-0.3, -0.25) is 4.79 Å². The van der Waals surface area contributed by atoms with Gasteiger partial charge in [0.2, 0.25) is 0 Å². The average molecular weight is 320 g/mol. The minimum Gasteiger partial charge on any atom is -0.481 e. The summed E-state index contributed by atoms with van der Waals surface area (Å²) < 4.78 is 4.98. The maximum atomic E-state index is 11.7. The molecule has 0 fully saturated rings. The summed E-state index contributed by atoms with van der Waals surface area (Å²) in [5.41, 5.74) is 0.258. The fourth-order valence-electron chi connectivity index (χ4n) is 2.10. The molecular weight excluding hydrogens is 298 g/mol. The van der Waals surface area contributed by atoms with Crippen molar-refractivity contribution in [1.82, 2.24) is 5.32 Å². The fraction of sp³-hybridized carbons (Fsp3) is 0.471. The predicted octanol–water partition coefficient (Wildman–Crippen LogP) is 2.63. The van der Waals surface area contributed by atoms with Crippen molar-refractivity contribution >= 4 is 18.3 Å². The second-order valence-corrected chi connectivity index (χ2v) is 6.37. The summed E-state index contributed by atoms with van der Waals surface area (Å²) >= 11 is 0. The van der Waals surface area contributed by atoms with Crippen LogP contribution in [-0.2, 0) is 20.9 Å². The molecule has 0 saturated heterocycles. The van der Waals surface area contributed by atoms with Crippen LogP contribution < -0.4 is 5.32 Å². The molecule has 0 aromatic heterocycles. The highest BCUT2D eigenvalue weighted by Gasteiger charge is 2.34. The quantitative estimate of drug-likeness (QED) is 0.779. The van der Waals surface area contributed by atoms with E-state index in [1.54, 1.807) is 32.9 Å². The molecule has 23 heavy (non-hydrogen) atoms. The lowest BCUT2D eigenvalue weighted by Gasteiger charge is -2.28. The van der Waals surface area contributed by atoms with Gasteiger partial charge in [-0.15, -0.1) is 0 Å². The summed E-state index contributed by atoms with van der Waals surface area (Å²) in [6.07, 6.45) is -0.433. The summed E-state index contributed by atoms with van der Waals surface area (Å²) in [5.74, 6) is -1.81. The maximum absolute atomic E-state index is 11.7. The molecule has 0 aliphatic heterocycles. The normalized spacial score (nSPS) is 13.7. The topological polar surface area (TPSA) is 94.8 Å². The Kier molecular flexibility index (Phi) is 6.75. The third-order valence-electron chi connectivity index (χ3n) is 3.45. The number of nitrogens with zero attached hydrogens (tertiary/aromatic N) is 1. The Morgan fingerprint density at radius 2 is 1.87 bits per heavy atom. The number of ether oxygens (including phenoxy) is 1. The van der Waals surface area contributed by atoms with Crippen LogP contribution in [0.5, 0.6) is 0 Å². The first kappa shape index (κ1) is 18.7. The lowest BCUT2D eigenvalue weighted by molar-refractivity contribution is -0.146. The number of aldehydes is 1. The van der Waals surface area contributed by atoms with Gasteiger partial charge >= 0.3 is 12.1 Å². The van der Waals surface area contributed by atoms with E-state index in [2.05, 4.69) is 5.32 Å². The van der Waals surface area contributed by atoms with Crippen LogP contribution in [0.4, 0.5) is 4.79 Å². The highest BCUT2D eigenvalue weighted by molar-refractivity contribution is 5.75. The van der Waals surface area contributed by atoms with Gasteiger partial charge in [-0.1, -0.05) is 51.1 Å². The number of carboxylic acids is 1. The largest absolute Gasteiger partial charge is 0.481 e. The smallest absolute Gasteiger partial charge is 0.430 e. The molecule has 6 heteroatoms. The average Bonchev–Trinajstić information content (AvgIpc) is 2.48. The first-order chi connectivity index (χ1) is 10.7. The third kappa shape index (κ3) is 6.50. The van der Waals surface area contributed by atoms with Crippen LogP contribution >= 0.6 is 0 Å². The van der Waals surface area contributed by atoms with E-state index in [0.29, 0.717) is 6.29 Å². The SMILES string of the molecule is CC(C)(C)C(C[C@@H](C=O)[N]C(=O)OCc1ccccc1)C(=O)O. The van der Waals surface area contributed by atoms with Crippen LogP contribution in [0.3, 0.4) is 0 Å². The van der Waals surface area contributed by atoms with Gasteiger partial charge in [0.25, 0.3) is 0 Å². The molecule has 2 atom stereocenters. The highest BCUT2D eigenvalue weighted by atomic mass is 16.5. The van der Waals surface area contributed by atoms with Crippen molar-refractivity contribution in [3.05, 3.63) is 35.9 Å². The van der Waals surface area contributed by atoms with E-state index in [0.717, 1.165) is 5.56 Å². The fourth-order valence-corrected chi connectivity index (χ4v) is 2.10. The zero-order valence-electron chi connectivity index (χ0n) is 13.6. The molecule has 1 amide bonds. The van der Waals surface area contributed by atoms with E-state index in [1.165, 1.54) is 0 Å². The van der Waals surface area contributed by atoms with Crippen molar-refractivity contribution in [1.29, 1.82) is 0 Å². The first-order valence-electron chi connectivity index (χ1n) is 7.33. The van der Waals surface area contributed by atoms with E-state index in [9.17, 15) is 19.5 Å². The lowest BCUT2D eigenvalue weighted by atomic mass is 9.77. The van der Waals surface area contributed by atoms with Gasteiger partial charge in [0.05, 0.1) is 5.92 Å². The Labute approximate surface area is 135 Å². The molecule has 1 aromatic carbocycles. The second-order valence-electron chi connectivity index (χ2n) is 6.37. The van der Waals surface area contributed by atoms with Crippen LogP contribution in [0.15, 0.2) is 30.3 Å². The Bertz CT molecular complexity index is 536. The number of carboxylic acid groups (broad SMARTS) is 1. The Morgan fingerprint density at radius 1 is 1.26 bits per heavy atom. The summed E-state index contributed by atoms with van der Waals surface area (Å²) in [5, 5.41) is 12.9. The molecule has 0 heterocycles. The molecule has 1 radical (unpaired) electrons. The molecule has 1 aromatic rings. The number of hydrogen-bond donors (Lipinski definition) is 1. The molecule has 1 N–H and O–H groups in total. The van der Waals surface area contributed by atoms with Crippen molar-refractivity contribution in [2.45, 2.75) is 39.8 Å². The lowest BCUT2D eigenvalue weighted by Crippen LogP contribution is -2.38. The minimum absolute atomic E-state index is 0.0389. The van der Waals surface area contributed by atoms with Crippen LogP contribution in [-0.4, -0.2) is 29.5 Å². The summed E-state index contributed by atoms with van der Waals surface area (Å²) in [6.45, 7) is 5.35. The van der Waals surface area contributed by atoms with Gasteiger partial charge in [0, 0.05) is 0 Å². The van der Waals surface area contributed by atoms with E-state index in [4.69, 9.17) is 4.74 Å². The molecule has 6 nitrogen and oxygen atoms in total. The number of amides is 1. The van der Waals surface area contributed by atoms with E-state index >= 15 is 0 Å². The third-order valence-corrected chi connectivity index (χ3v) is 3.45. The van der Waals surface area contributed by atoms with Gasteiger partial charge < -0.3 is 14.6 Å². The number of aliphatic carboxylic acids is 1. The van der Waals surface area contributed by atoms with Crippen molar-refractivity contribution in [2.75, 3.05) is 0 Å². The van der Waals surface area contributed by atoms with Crippen molar-refractivity contribution in [3.8, 4) is 0 Å². The van der Waals surface area contributed by atoms with E-state index < -0.39 is 29.4 Å². The molecule has 0 spiro atoms. The summed E-state index contributed by atoms with van der Waals surface area (Å²) in [4.78, 5) is 34.1. The molecule has 0 saturated carbocycles. The van der Waals surface area contributed by atoms with E-state index in [-0.39, 0.29) is 13.0 Å².